The van der Waals surface area contributed by atoms with E-state index in [1.54, 1.807) is 4.90 Å². The number of nitriles is 1. The second-order valence-electron chi connectivity index (χ2n) is 7.83. The Morgan fingerprint density at radius 2 is 2.20 bits per heavy atom. The van der Waals surface area contributed by atoms with E-state index in [-0.39, 0.29) is 29.3 Å². The minimum absolute atomic E-state index is 0.0334. The maximum absolute atomic E-state index is 12.8. The van der Waals surface area contributed by atoms with E-state index in [9.17, 15) is 15.2 Å². The molecule has 5 rings (SSSR count). The molecular weight excluding hydrogens is 254 g/mol. The van der Waals surface area contributed by atoms with Crippen LogP contribution in [0.4, 0.5) is 0 Å². The average molecular weight is 273 g/mol. The maximum Gasteiger partial charge on any atom is 0.241 e. The second-order valence-corrected chi connectivity index (χ2v) is 7.83. The summed E-state index contributed by atoms with van der Waals surface area (Å²) in [6.07, 6.45) is 4.44. The van der Waals surface area contributed by atoms with Crippen LogP contribution < -0.4 is 5.73 Å². The molecule has 0 aromatic heterocycles. The topological polar surface area (TPSA) is 90.4 Å². The van der Waals surface area contributed by atoms with Crippen LogP contribution in [0, 0.1) is 34.5 Å². The molecule has 20 heavy (non-hydrogen) atoms. The van der Waals surface area contributed by atoms with Gasteiger partial charge in [-0.1, -0.05) is 0 Å². The third-order valence-corrected chi connectivity index (χ3v) is 6.96. The first-order valence-corrected chi connectivity index (χ1v) is 7.70. The monoisotopic (exact) mass is 273 g/mol. The molecule has 5 heteroatoms. The molecule has 5 aliphatic rings. The van der Waals surface area contributed by atoms with Crippen molar-refractivity contribution in [2.75, 3.05) is 0 Å². The van der Waals surface area contributed by atoms with Crippen LogP contribution in [-0.2, 0) is 4.79 Å². The fraction of sp³-hybridized carbons (Fsp3) is 0.867. The van der Waals surface area contributed by atoms with Gasteiger partial charge in [-0.15, -0.1) is 0 Å². The summed E-state index contributed by atoms with van der Waals surface area (Å²) in [7, 11) is 0. The second kappa shape index (κ2) is 3.05. The average Bonchev–Trinajstić information content (AvgIpc) is 3.06. The van der Waals surface area contributed by atoms with Gasteiger partial charge in [0.1, 0.15) is 6.04 Å². The van der Waals surface area contributed by atoms with E-state index >= 15 is 0 Å². The number of fused-ring (bicyclic) bond motifs is 1. The lowest BCUT2D eigenvalue weighted by Gasteiger charge is -2.81. The quantitative estimate of drug-likeness (QED) is 0.740. The van der Waals surface area contributed by atoms with Crippen molar-refractivity contribution in [3.05, 3.63) is 0 Å². The van der Waals surface area contributed by atoms with Crippen LogP contribution in [0.5, 0.6) is 0 Å². The van der Waals surface area contributed by atoms with Gasteiger partial charge in [-0.25, -0.2) is 0 Å². The molecule has 106 valence electrons. The molecule has 0 bridgehead atoms. The molecule has 1 aliphatic heterocycles. The van der Waals surface area contributed by atoms with E-state index in [1.807, 2.05) is 0 Å². The number of rotatable bonds is 2. The lowest BCUT2D eigenvalue weighted by molar-refractivity contribution is -0.368. The number of hydrogen-bond acceptors (Lipinski definition) is 4. The van der Waals surface area contributed by atoms with Gasteiger partial charge in [0.15, 0.2) is 0 Å². The number of carbonyl (C=O) groups excluding carboxylic acids is 1. The lowest BCUT2D eigenvalue weighted by Crippen LogP contribution is -2.85. The van der Waals surface area contributed by atoms with Crippen LogP contribution in [0.1, 0.15) is 32.1 Å². The summed E-state index contributed by atoms with van der Waals surface area (Å²) in [4.78, 5) is 14.5. The van der Waals surface area contributed by atoms with Gasteiger partial charge in [0, 0.05) is 11.5 Å². The van der Waals surface area contributed by atoms with Gasteiger partial charge in [0.2, 0.25) is 5.91 Å². The number of amides is 1. The van der Waals surface area contributed by atoms with Crippen LogP contribution >= 0.6 is 0 Å². The predicted molar refractivity (Wildman–Crippen MR) is 68.9 cm³/mol. The number of piperidine rings is 1. The molecule has 1 amide bonds. The highest BCUT2D eigenvalue weighted by Gasteiger charge is 2.81. The highest BCUT2D eigenvalue weighted by molar-refractivity contribution is 5.85. The minimum atomic E-state index is -0.514. The van der Waals surface area contributed by atoms with Crippen molar-refractivity contribution in [3.63, 3.8) is 0 Å². The number of hydrogen-bond donors (Lipinski definition) is 2. The number of carbonyl (C=O) groups is 1. The van der Waals surface area contributed by atoms with Crippen molar-refractivity contribution in [3.8, 4) is 6.07 Å². The first kappa shape index (κ1) is 11.5. The molecule has 1 saturated heterocycles. The number of nitrogens with zero attached hydrogens (tertiary/aromatic N) is 2. The zero-order valence-electron chi connectivity index (χ0n) is 11.3. The smallest absolute Gasteiger partial charge is 0.241 e. The van der Waals surface area contributed by atoms with E-state index in [0.29, 0.717) is 18.3 Å². The molecule has 0 aromatic rings. The van der Waals surface area contributed by atoms with Gasteiger partial charge in [0.25, 0.3) is 0 Å². The summed E-state index contributed by atoms with van der Waals surface area (Å²) in [5.74, 6) is 1.34. The number of aliphatic hydroxyl groups is 1. The highest BCUT2D eigenvalue weighted by Crippen LogP contribution is 2.79. The normalized spacial score (nSPS) is 58.2. The number of nitrogens with two attached hydrogens (primary N) is 1. The summed E-state index contributed by atoms with van der Waals surface area (Å²) >= 11 is 0. The molecule has 8 atom stereocenters. The Hall–Kier alpha value is -1.12. The Kier molecular flexibility index (Phi) is 1.76. The van der Waals surface area contributed by atoms with Crippen molar-refractivity contribution >= 4 is 5.91 Å². The van der Waals surface area contributed by atoms with E-state index in [2.05, 4.69) is 6.07 Å². The fourth-order valence-corrected chi connectivity index (χ4v) is 6.16. The lowest BCUT2D eigenvalue weighted by atomic mass is 9.25. The van der Waals surface area contributed by atoms with Crippen molar-refractivity contribution in [2.24, 2.45) is 28.9 Å². The summed E-state index contributed by atoms with van der Waals surface area (Å²) in [5, 5.41) is 19.5. The fourth-order valence-electron chi connectivity index (χ4n) is 6.16. The van der Waals surface area contributed by atoms with Crippen molar-refractivity contribution in [2.45, 2.75) is 55.8 Å². The van der Waals surface area contributed by atoms with Crippen LogP contribution in [0.2, 0.25) is 0 Å². The molecule has 0 aromatic carbocycles. The van der Waals surface area contributed by atoms with Crippen LogP contribution in [0.3, 0.4) is 0 Å². The summed E-state index contributed by atoms with van der Waals surface area (Å²) in [6.45, 7) is 0. The van der Waals surface area contributed by atoms with Gasteiger partial charge >= 0.3 is 0 Å². The predicted octanol–water partition coefficient (Wildman–Crippen LogP) is -0.0123. The van der Waals surface area contributed by atoms with Crippen molar-refractivity contribution in [1.29, 1.82) is 5.26 Å². The molecule has 0 radical (unpaired) electrons. The SMILES string of the molecule is N#CC1CC2CC2N1C(=O)C(N)C12CC3CC(O)(C1)C32. The van der Waals surface area contributed by atoms with Gasteiger partial charge in [-0.3, -0.25) is 4.79 Å². The summed E-state index contributed by atoms with van der Waals surface area (Å²) < 4.78 is 0. The first-order valence-electron chi connectivity index (χ1n) is 7.70. The minimum Gasteiger partial charge on any atom is -0.390 e. The Morgan fingerprint density at radius 1 is 1.40 bits per heavy atom. The molecule has 4 aliphatic carbocycles. The Balaban J connectivity index is 1.39. The van der Waals surface area contributed by atoms with Gasteiger partial charge in [-0.05, 0) is 49.9 Å². The Morgan fingerprint density at radius 3 is 2.80 bits per heavy atom. The van der Waals surface area contributed by atoms with Crippen LogP contribution in [0.15, 0.2) is 0 Å². The van der Waals surface area contributed by atoms with E-state index in [0.717, 1.165) is 25.7 Å². The third-order valence-electron chi connectivity index (χ3n) is 6.96. The molecule has 5 nitrogen and oxygen atoms in total. The van der Waals surface area contributed by atoms with Crippen molar-refractivity contribution in [1.82, 2.24) is 4.90 Å². The van der Waals surface area contributed by atoms with Gasteiger partial charge < -0.3 is 15.7 Å². The molecule has 5 fully saturated rings. The van der Waals surface area contributed by atoms with Gasteiger partial charge in [0.05, 0.1) is 17.7 Å². The maximum atomic E-state index is 12.8. The first-order chi connectivity index (χ1) is 9.50. The Labute approximate surface area is 117 Å². The van der Waals surface area contributed by atoms with E-state index in [4.69, 9.17) is 5.73 Å². The molecule has 4 saturated carbocycles. The standard InChI is InChI=1S/C15H19N3O2/c16-5-9-1-7-2-10(7)18(9)13(19)12(17)14-3-8-4-15(20,6-14)11(8)14/h7-12,20H,1-4,6,17H2. The summed E-state index contributed by atoms with van der Waals surface area (Å²) in [6, 6.07) is 1.73. The Bertz CT molecular complexity index is 572. The molecular formula is C15H19N3O2. The number of likely N-dealkylation sites (tertiary alicyclic amines) is 1. The molecule has 1 heterocycles. The zero-order chi connectivity index (χ0) is 13.9. The molecule has 0 spiro atoms. The van der Waals surface area contributed by atoms with E-state index < -0.39 is 11.6 Å². The molecule has 3 N–H and O–H groups in total. The highest BCUT2D eigenvalue weighted by atomic mass is 16.3. The summed E-state index contributed by atoms with van der Waals surface area (Å²) in [5.41, 5.74) is 5.64. The largest absolute Gasteiger partial charge is 0.390 e. The van der Waals surface area contributed by atoms with Gasteiger partial charge in [-0.2, -0.15) is 5.26 Å². The van der Waals surface area contributed by atoms with Crippen LogP contribution in [0.25, 0.3) is 0 Å². The van der Waals surface area contributed by atoms with Crippen LogP contribution in [-0.4, -0.2) is 39.6 Å². The van der Waals surface area contributed by atoms with Crippen molar-refractivity contribution < 1.29 is 9.90 Å². The molecule has 8 unspecified atom stereocenters. The zero-order valence-corrected chi connectivity index (χ0v) is 11.3. The third kappa shape index (κ3) is 1.01. The van der Waals surface area contributed by atoms with E-state index in [1.165, 1.54) is 0 Å².